The average molecular weight is 399 g/mol. The minimum Gasteiger partial charge on any atom is -0.497 e. The van der Waals surface area contributed by atoms with Crippen LogP contribution in [0.3, 0.4) is 0 Å². The second-order valence-corrected chi connectivity index (χ2v) is 6.39. The first-order chi connectivity index (χ1) is 9.52. The highest BCUT2D eigenvalue weighted by Crippen LogP contribution is 2.30. The fourth-order valence-corrected chi connectivity index (χ4v) is 3.10. The molecular weight excluding hydrogens is 382 g/mol. The Labute approximate surface area is 136 Å². The summed E-state index contributed by atoms with van der Waals surface area (Å²) in [6.07, 6.45) is 0.750. The van der Waals surface area contributed by atoms with Gasteiger partial charge in [0.05, 0.1) is 7.11 Å². The number of hydrogen-bond acceptors (Lipinski definition) is 2. The molecule has 2 nitrogen and oxygen atoms in total. The molecule has 0 aliphatic rings. The fourth-order valence-electron chi connectivity index (χ4n) is 2.14. The number of halogens is 2. The quantitative estimate of drug-likeness (QED) is 0.804. The smallest absolute Gasteiger partial charge is 0.119 e. The maximum Gasteiger partial charge on any atom is 0.119 e. The lowest BCUT2D eigenvalue weighted by Crippen LogP contribution is -2.14. The van der Waals surface area contributed by atoms with Gasteiger partial charge in [-0.1, -0.05) is 50.1 Å². The van der Waals surface area contributed by atoms with Gasteiger partial charge in [0.25, 0.3) is 0 Å². The van der Waals surface area contributed by atoms with Crippen molar-refractivity contribution in [3.05, 3.63) is 62.0 Å². The third-order valence-corrected chi connectivity index (χ3v) is 5.17. The van der Waals surface area contributed by atoms with E-state index in [9.17, 15) is 0 Å². The van der Waals surface area contributed by atoms with Crippen LogP contribution in [-0.4, -0.2) is 7.11 Å². The Hall–Kier alpha value is -0.840. The molecular formula is C16H17Br2NO. The molecule has 106 valence electrons. The van der Waals surface area contributed by atoms with Gasteiger partial charge in [0.2, 0.25) is 0 Å². The van der Waals surface area contributed by atoms with Crippen LogP contribution in [0.1, 0.15) is 22.7 Å². The average Bonchev–Trinajstić information content (AvgIpc) is 2.44. The topological polar surface area (TPSA) is 35.2 Å². The van der Waals surface area contributed by atoms with E-state index in [1.165, 1.54) is 5.56 Å². The van der Waals surface area contributed by atoms with Gasteiger partial charge >= 0.3 is 0 Å². The van der Waals surface area contributed by atoms with Gasteiger partial charge in [-0.3, -0.25) is 0 Å². The lowest BCUT2D eigenvalue weighted by atomic mass is 9.98. The van der Waals surface area contributed by atoms with Gasteiger partial charge in [-0.25, -0.2) is 0 Å². The summed E-state index contributed by atoms with van der Waals surface area (Å²) in [7, 11) is 1.67. The van der Waals surface area contributed by atoms with Crippen LogP contribution in [0.5, 0.6) is 5.75 Å². The van der Waals surface area contributed by atoms with E-state index in [-0.39, 0.29) is 6.04 Å². The van der Waals surface area contributed by atoms with Gasteiger partial charge in [0.15, 0.2) is 0 Å². The van der Waals surface area contributed by atoms with Crippen molar-refractivity contribution < 1.29 is 4.74 Å². The largest absolute Gasteiger partial charge is 0.497 e. The van der Waals surface area contributed by atoms with Crippen LogP contribution in [0, 0.1) is 6.92 Å². The normalized spacial score (nSPS) is 12.2. The van der Waals surface area contributed by atoms with Crippen molar-refractivity contribution in [2.24, 2.45) is 5.73 Å². The van der Waals surface area contributed by atoms with Crippen molar-refractivity contribution in [2.45, 2.75) is 19.4 Å². The number of nitrogens with two attached hydrogens (primary N) is 1. The molecule has 0 saturated carbocycles. The predicted molar refractivity (Wildman–Crippen MR) is 90.2 cm³/mol. The Kier molecular flexibility index (Phi) is 5.24. The summed E-state index contributed by atoms with van der Waals surface area (Å²) >= 11 is 7.20. The van der Waals surface area contributed by atoms with Crippen LogP contribution in [-0.2, 0) is 6.42 Å². The second kappa shape index (κ2) is 6.74. The Balaban J connectivity index is 2.27. The lowest BCUT2D eigenvalue weighted by molar-refractivity contribution is 0.414. The molecule has 0 aromatic heterocycles. The van der Waals surface area contributed by atoms with Crippen molar-refractivity contribution in [3.63, 3.8) is 0 Å². The van der Waals surface area contributed by atoms with Crippen molar-refractivity contribution in [1.82, 2.24) is 0 Å². The number of ether oxygens (including phenoxy) is 1. The number of benzene rings is 2. The summed E-state index contributed by atoms with van der Waals surface area (Å²) in [5.74, 6) is 0.846. The number of aryl methyl sites for hydroxylation is 1. The van der Waals surface area contributed by atoms with Crippen LogP contribution in [0.15, 0.2) is 45.3 Å². The highest BCUT2D eigenvalue weighted by atomic mass is 79.9. The summed E-state index contributed by atoms with van der Waals surface area (Å²) in [5.41, 5.74) is 9.83. The predicted octanol–water partition coefficient (Wildman–Crippen LogP) is 4.77. The van der Waals surface area contributed by atoms with Crippen LogP contribution in [0.2, 0.25) is 0 Å². The molecule has 0 saturated heterocycles. The molecule has 0 spiro atoms. The zero-order chi connectivity index (χ0) is 14.7. The summed E-state index contributed by atoms with van der Waals surface area (Å²) in [4.78, 5) is 0. The molecule has 0 amide bonds. The first-order valence-corrected chi connectivity index (χ1v) is 7.94. The molecule has 0 aliphatic carbocycles. The molecule has 0 bridgehead atoms. The minimum absolute atomic E-state index is 0.0623. The fraction of sp³-hybridized carbons (Fsp3) is 0.250. The molecule has 1 atom stereocenters. The third-order valence-electron chi connectivity index (χ3n) is 3.31. The number of rotatable bonds is 4. The Morgan fingerprint density at radius 3 is 2.65 bits per heavy atom. The molecule has 0 aliphatic heterocycles. The van der Waals surface area contributed by atoms with E-state index in [1.54, 1.807) is 7.11 Å². The summed E-state index contributed by atoms with van der Waals surface area (Å²) in [5, 5.41) is 0. The molecule has 2 aromatic rings. The Morgan fingerprint density at radius 2 is 1.95 bits per heavy atom. The molecule has 0 heterocycles. The molecule has 2 aromatic carbocycles. The first kappa shape index (κ1) is 15.5. The van der Waals surface area contributed by atoms with Crippen molar-refractivity contribution in [1.29, 1.82) is 0 Å². The van der Waals surface area contributed by atoms with Crippen LogP contribution < -0.4 is 10.5 Å². The van der Waals surface area contributed by atoms with Crippen LogP contribution in [0.4, 0.5) is 0 Å². The highest BCUT2D eigenvalue weighted by Gasteiger charge is 2.14. The molecule has 0 fully saturated rings. The maximum atomic E-state index is 6.37. The monoisotopic (exact) mass is 397 g/mol. The van der Waals surface area contributed by atoms with E-state index in [2.05, 4.69) is 50.9 Å². The van der Waals surface area contributed by atoms with Crippen LogP contribution in [0.25, 0.3) is 0 Å². The van der Waals surface area contributed by atoms with E-state index in [0.29, 0.717) is 0 Å². The third kappa shape index (κ3) is 3.43. The van der Waals surface area contributed by atoms with Crippen LogP contribution >= 0.6 is 31.9 Å². The molecule has 20 heavy (non-hydrogen) atoms. The first-order valence-electron chi connectivity index (χ1n) is 6.36. The van der Waals surface area contributed by atoms with Gasteiger partial charge in [-0.2, -0.15) is 0 Å². The van der Waals surface area contributed by atoms with Crippen molar-refractivity contribution in [2.75, 3.05) is 7.11 Å². The molecule has 4 heteroatoms. The second-order valence-electron chi connectivity index (χ2n) is 4.75. The molecule has 2 rings (SSSR count). The molecule has 0 radical (unpaired) electrons. The van der Waals surface area contributed by atoms with Gasteiger partial charge < -0.3 is 10.5 Å². The Bertz CT molecular complexity index is 613. The van der Waals surface area contributed by atoms with Crippen molar-refractivity contribution >= 4 is 31.9 Å². The van der Waals surface area contributed by atoms with E-state index in [4.69, 9.17) is 10.5 Å². The van der Waals surface area contributed by atoms with Gasteiger partial charge in [0.1, 0.15) is 5.75 Å². The summed E-state index contributed by atoms with van der Waals surface area (Å²) in [6.45, 7) is 2.07. The highest BCUT2D eigenvalue weighted by molar-refractivity contribution is 9.10. The standard InChI is InChI=1S/C16H17Br2NO/c1-10-4-3-5-13(16(10)18)15(19)9-11-8-12(20-2)6-7-14(11)17/h3-8,15H,9,19H2,1-2H3. The Morgan fingerprint density at radius 1 is 1.20 bits per heavy atom. The maximum absolute atomic E-state index is 6.37. The minimum atomic E-state index is -0.0623. The lowest BCUT2D eigenvalue weighted by Gasteiger charge is -2.16. The van der Waals surface area contributed by atoms with E-state index >= 15 is 0 Å². The van der Waals surface area contributed by atoms with E-state index in [1.807, 2.05) is 24.3 Å². The van der Waals surface area contributed by atoms with E-state index < -0.39 is 0 Å². The SMILES string of the molecule is COc1ccc(Br)c(CC(N)c2cccc(C)c2Br)c1. The van der Waals surface area contributed by atoms with E-state index in [0.717, 1.165) is 32.2 Å². The number of methoxy groups -OCH3 is 1. The molecule has 2 N–H and O–H groups in total. The summed E-state index contributed by atoms with van der Waals surface area (Å²) in [6, 6.07) is 12.1. The zero-order valence-corrected chi connectivity index (χ0v) is 14.7. The van der Waals surface area contributed by atoms with Gasteiger partial charge in [0, 0.05) is 15.0 Å². The molecule has 1 unspecified atom stereocenters. The van der Waals surface area contributed by atoms with Gasteiger partial charge in [-0.15, -0.1) is 0 Å². The zero-order valence-electron chi connectivity index (χ0n) is 11.5. The number of hydrogen-bond donors (Lipinski definition) is 1. The summed E-state index contributed by atoms with van der Waals surface area (Å²) < 4.78 is 7.41. The van der Waals surface area contributed by atoms with Gasteiger partial charge in [-0.05, 0) is 48.2 Å². The van der Waals surface area contributed by atoms with Crippen molar-refractivity contribution in [3.8, 4) is 5.75 Å².